The van der Waals surface area contributed by atoms with Crippen LogP contribution >= 0.6 is 0 Å². The van der Waals surface area contributed by atoms with Crippen molar-refractivity contribution in [2.24, 2.45) is 7.05 Å². The van der Waals surface area contributed by atoms with Crippen LogP contribution in [0.1, 0.15) is 32.7 Å². The van der Waals surface area contributed by atoms with E-state index in [1.54, 1.807) is 16.5 Å². The largest absolute Gasteiger partial charge is 0.486 e. The van der Waals surface area contributed by atoms with Crippen LogP contribution in [0.2, 0.25) is 0 Å². The summed E-state index contributed by atoms with van der Waals surface area (Å²) in [5.74, 6) is 0.621. The molecule has 0 aliphatic carbocycles. The summed E-state index contributed by atoms with van der Waals surface area (Å²) in [4.78, 5) is 26.4. The molecule has 5 heteroatoms. The molecule has 0 N–H and O–H groups in total. The van der Waals surface area contributed by atoms with Crippen LogP contribution in [0.15, 0.2) is 29.1 Å². The summed E-state index contributed by atoms with van der Waals surface area (Å²) in [6.07, 6.45) is -0.0680. The molecule has 0 spiro atoms. The molecule has 0 bridgehead atoms. The van der Waals surface area contributed by atoms with E-state index in [1.165, 1.54) is 6.07 Å². The van der Waals surface area contributed by atoms with Crippen LogP contribution in [0.4, 0.5) is 0 Å². The number of aromatic nitrogens is 1. The first-order valence-corrected chi connectivity index (χ1v) is 8.47. The van der Waals surface area contributed by atoms with Gasteiger partial charge in [-0.15, -0.1) is 0 Å². The molecule has 0 unspecified atom stereocenters. The van der Waals surface area contributed by atoms with Crippen molar-refractivity contribution in [1.29, 1.82) is 0 Å². The molecule has 2 heterocycles. The van der Waals surface area contributed by atoms with E-state index in [4.69, 9.17) is 4.74 Å². The molecule has 3 rings (SSSR count). The molecule has 5 nitrogen and oxygen atoms in total. The maximum Gasteiger partial charge on any atom is 0.254 e. The molecule has 25 heavy (non-hydrogen) atoms. The van der Waals surface area contributed by atoms with Gasteiger partial charge in [0.25, 0.3) is 11.5 Å². The van der Waals surface area contributed by atoms with Gasteiger partial charge in [-0.05, 0) is 44.9 Å². The average molecular weight is 340 g/mol. The van der Waals surface area contributed by atoms with E-state index in [2.05, 4.69) is 0 Å². The minimum atomic E-state index is -0.0897. The molecule has 1 aromatic carbocycles. The molecule has 1 saturated heterocycles. The highest BCUT2D eigenvalue weighted by Crippen LogP contribution is 2.23. The zero-order chi connectivity index (χ0) is 18.3. The Bertz CT molecular complexity index is 869. The first kappa shape index (κ1) is 17.3. The summed E-state index contributed by atoms with van der Waals surface area (Å²) in [6, 6.07) is 7.42. The number of nitrogens with zero attached hydrogens (tertiary/aromatic N) is 2. The van der Waals surface area contributed by atoms with Crippen molar-refractivity contribution < 1.29 is 9.53 Å². The van der Waals surface area contributed by atoms with Gasteiger partial charge in [-0.2, -0.15) is 0 Å². The summed E-state index contributed by atoms with van der Waals surface area (Å²) in [5, 5.41) is 0. The van der Waals surface area contributed by atoms with Gasteiger partial charge in [0.05, 0.1) is 13.1 Å². The number of hydrogen-bond acceptors (Lipinski definition) is 3. The van der Waals surface area contributed by atoms with Crippen molar-refractivity contribution in [1.82, 2.24) is 9.47 Å². The molecule has 0 atom stereocenters. The highest BCUT2D eigenvalue weighted by Gasteiger charge is 2.34. The van der Waals surface area contributed by atoms with Gasteiger partial charge in [0, 0.05) is 24.4 Å². The first-order chi connectivity index (χ1) is 11.8. The number of rotatable bonds is 3. The van der Waals surface area contributed by atoms with Crippen LogP contribution in [0.5, 0.6) is 5.75 Å². The Labute approximate surface area is 147 Å². The summed E-state index contributed by atoms with van der Waals surface area (Å²) < 4.78 is 7.43. The van der Waals surface area contributed by atoms with E-state index < -0.39 is 0 Å². The van der Waals surface area contributed by atoms with Crippen molar-refractivity contribution in [3.63, 3.8) is 0 Å². The molecule has 1 aromatic heterocycles. The van der Waals surface area contributed by atoms with E-state index >= 15 is 0 Å². The fraction of sp³-hybridized carbons (Fsp3) is 0.400. The monoisotopic (exact) mass is 340 g/mol. The maximum absolute atomic E-state index is 12.7. The van der Waals surface area contributed by atoms with Crippen LogP contribution in [-0.2, 0) is 7.05 Å². The van der Waals surface area contributed by atoms with E-state index in [-0.39, 0.29) is 17.6 Å². The van der Waals surface area contributed by atoms with Crippen LogP contribution < -0.4 is 10.3 Å². The molecule has 1 fully saturated rings. The third-order valence-electron chi connectivity index (χ3n) is 4.81. The Balaban J connectivity index is 1.67. The van der Waals surface area contributed by atoms with Crippen LogP contribution in [0, 0.1) is 27.7 Å². The van der Waals surface area contributed by atoms with Gasteiger partial charge in [-0.3, -0.25) is 9.59 Å². The number of carbonyl (C=O) groups excluding carboxylic acids is 1. The van der Waals surface area contributed by atoms with E-state index in [9.17, 15) is 9.59 Å². The second kappa shape index (κ2) is 6.39. The Morgan fingerprint density at radius 3 is 2.20 bits per heavy atom. The molecule has 132 valence electrons. The van der Waals surface area contributed by atoms with Crippen LogP contribution in [0.3, 0.4) is 0 Å². The van der Waals surface area contributed by atoms with Gasteiger partial charge in [0.1, 0.15) is 11.9 Å². The zero-order valence-corrected chi connectivity index (χ0v) is 15.4. The van der Waals surface area contributed by atoms with Crippen LogP contribution in [-0.4, -0.2) is 34.6 Å². The lowest BCUT2D eigenvalue weighted by Crippen LogP contribution is -2.56. The topological polar surface area (TPSA) is 51.5 Å². The van der Waals surface area contributed by atoms with Gasteiger partial charge in [-0.1, -0.05) is 17.7 Å². The van der Waals surface area contributed by atoms with E-state index in [1.807, 2.05) is 45.9 Å². The predicted octanol–water partition coefficient (Wildman–Crippen LogP) is 2.52. The predicted molar refractivity (Wildman–Crippen MR) is 97.4 cm³/mol. The van der Waals surface area contributed by atoms with E-state index in [0.29, 0.717) is 18.8 Å². The number of carbonyl (C=O) groups is 1. The molecular formula is C20H24N2O3. The van der Waals surface area contributed by atoms with Crippen molar-refractivity contribution in [2.75, 3.05) is 13.1 Å². The zero-order valence-electron chi connectivity index (χ0n) is 15.4. The van der Waals surface area contributed by atoms with Gasteiger partial charge >= 0.3 is 0 Å². The number of likely N-dealkylation sites (tertiary alicyclic amines) is 1. The SMILES string of the molecule is Cc1cc(C)c(C(=O)N2CC(Oc3cc(C)n(C)c(=O)c3)C2)c(C)c1. The van der Waals surface area contributed by atoms with Crippen molar-refractivity contribution in [2.45, 2.75) is 33.8 Å². The Morgan fingerprint density at radius 1 is 1.04 bits per heavy atom. The summed E-state index contributed by atoms with van der Waals surface area (Å²) in [7, 11) is 1.73. The van der Waals surface area contributed by atoms with Crippen molar-refractivity contribution >= 4 is 5.91 Å². The second-order valence-electron chi connectivity index (χ2n) is 6.95. The van der Waals surface area contributed by atoms with Crippen LogP contribution in [0.25, 0.3) is 0 Å². The first-order valence-electron chi connectivity index (χ1n) is 8.47. The maximum atomic E-state index is 12.7. The molecule has 0 radical (unpaired) electrons. The van der Waals surface area contributed by atoms with Crippen molar-refractivity contribution in [3.8, 4) is 5.75 Å². The van der Waals surface area contributed by atoms with Gasteiger partial charge < -0.3 is 14.2 Å². The smallest absolute Gasteiger partial charge is 0.254 e. The molecule has 1 aliphatic rings. The van der Waals surface area contributed by atoms with Gasteiger partial charge in [-0.25, -0.2) is 0 Å². The number of ether oxygens (including phenoxy) is 1. The Hall–Kier alpha value is -2.56. The quantitative estimate of drug-likeness (QED) is 0.863. The third-order valence-corrected chi connectivity index (χ3v) is 4.81. The fourth-order valence-corrected chi connectivity index (χ4v) is 3.35. The lowest BCUT2D eigenvalue weighted by atomic mass is 9.97. The number of aryl methyl sites for hydroxylation is 4. The summed E-state index contributed by atoms with van der Waals surface area (Å²) >= 11 is 0. The number of pyridine rings is 1. The Morgan fingerprint density at radius 2 is 1.64 bits per heavy atom. The molecule has 2 aromatic rings. The molecule has 1 amide bonds. The second-order valence-corrected chi connectivity index (χ2v) is 6.95. The van der Waals surface area contributed by atoms with Gasteiger partial charge in [0.2, 0.25) is 0 Å². The lowest BCUT2D eigenvalue weighted by Gasteiger charge is -2.39. The standard InChI is InChI=1S/C20H24N2O3/c1-12-6-13(2)19(14(3)7-12)20(24)22-10-17(11-22)25-16-8-15(4)21(5)18(23)9-16/h6-9,17H,10-11H2,1-5H3. The number of hydrogen-bond donors (Lipinski definition) is 0. The Kier molecular flexibility index (Phi) is 4.41. The summed E-state index contributed by atoms with van der Waals surface area (Å²) in [6.45, 7) is 8.94. The molecule has 0 saturated carbocycles. The van der Waals surface area contributed by atoms with Crippen molar-refractivity contribution in [3.05, 3.63) is 62.6 Å². The lowest BCUT2D eigenvalue weighted by molar-refractivity contribution is 0.0175. The van der Waals surface area contributed by atoms with E-state index in [0.717, 1.165) is 27.9 Å². The number of amides is 1. The minimum absolute atomic E-state index is 0.0509. The highest BCUT2D eigenvalue weighted by molar-refractivity contribution is 5.97. The molecule has 1 aliphatic heterocycles. The van der Waals surface area contributed by atoms with Gasteiger partial charge in [0.15, 0.2) is 0 Å². The molecular weight excluding hydrogens is 316 g/mol. The third kappa shape index (κ3) is 3.31. The highest BCUT2D eigenvalue weighted by atomic mass is 16.5. The normalized spacial score (nSPS) is 14.4. The summed E-state index contributed by atoms with van der Waals surface area (Å²) in [5.41, 5.74) is 4.72. The average Bonchev–Trinajstić information content (AvgIpc) is 2.46. The minimum Gasteiger partial charge on any atom is -0.486 e. The fourth-order valence-electron chi connectivity index (χ4n) is 3.35. The number of benzene rings is 1.